The van der Waals surface area contributed by atoms with Crippen LogP contribution in [0.15, 0.2) is 84.9 Å². The van der Waals surface area contributed by atoms with Crippen LogP contribution in [0.25, 0.3) is 10.9 Å². The van der Waals surface area contributed by atoms with Crippen molar-refractivity contribution in [2.75, 3.05) is 31.1 Å². The molecule has 3 aromatic carbocycles. The third kappa shape index (κ3) is 3.79. The lowest BCUT2D eigenvalue weighted by Gasteiger charge is -2.40. The Balaban J connectivity index is 1.37. The lowest BCUT2D eigenvalue weighted by atomic mass is 9.96. The van der Waals surface area contributed by atoms with Crippen molar-refractivity contribution in [2.24, 2.45) is 0 Å². The lowest BCUT2D eigenvalue weighted by Crippen LogP contribution is -2.48. The molecule has 0 saturated carbocycles. The van der Waals surface area contributed by atoms with Crippen molar-refractivity contribution < 1.29 is 4.39 Å². The van der Waals surface area contributed by atoms with Crippen molar-refractivity contribution in [1.82, 2.24) is 9.88 Å². The fourth-order valence-electron chi connectivity index (χ4n) is 4.26. The number of aromatic nitrogens is 1. The van der Waals surface area contributed by atoms with E-state index in [1.807, 2.05) is 6.07 Å². The summed E-state index contributed by atoms with van der Waals surface area (Å²) in [6, 6.07) is 31.5. The Kier molecular flexibility index (Phi) is 5.16. The molecule has 4 heteroatoms. The molecule has 3 nitrogen and oxygen atoms in total. The van der Waals surface area contributed by atoms with E-state index in [4.69, 9.17) is 0 Å². The molecule has 149 valence electrons. The van der Waals surface area contributed by atoms with Crippen LogP contribution in [0.3, 0.4) is 0 Å². The molecule has 0 bridgehead atoms. The maximum atomic E-state index is 13.6. The average Bonchev–Trinajstić information content (AvgIpc) is 2.81. The first kappa shape index (κ1) is 18.8. The monoisotopic (exact) mass is 396 g/mol. The second-order valence-electron chi connectivity index (χ2n) is 7.67. The van der Waals surface area contributed by atoms with Gasteiger partial charge in [-0.25, -0.2) is 9.37 Å². The van der Waals surface area contributed by atoms with Gasteiger partial charge >= 0.3 is 0 Å². The van der Waals surface area contributed by atoms with Crippen molar-refractivity contribution in [1.29, 1.82) is 0 Å². The minimum absolute atomic E-state index is 0.234. The minimum Gasteiger partial charge on any atom is -0.354 e. The zero-order valence-electron chi connectivity index (χ0n) is 16.7. The maximum Gasteiger partial charge on any atom is 0.137 e. The van der Waals surface area contributed by atoms with Crippen molar-refractivity contribution in [2.45, 2.75) is 6.04 Å². The first-order chi connectivity index (χ1) is 14.8. The Bertz CT molecular complexity index is 1080. The molecule has 0 aliphatic carbocycles. The van der Waals surface area contributed by atoms with Crippen molar-refractivity contribution >= 4 is 16.7 Å². The lowest BCUT2D eigenvalue weighted by molar-refractivity contribution is 0.212. The molecular weight excluding hydrogens is 373 g/mol. The van der Waals surface area contributed by atoms with Gasteiger partial charge in [-0.05, 0) is 29.3 Å². The highest BCUT2D eigenvalue weighted by Gasteiger charge is 2.26. The van der Waals surface area contributed by atoms with E-state index in [-0.39, 0.29) is 11.9 Å². The Labute approximate surface area is 176 Å². The minimum atomic E-state index is -0.259. The number of fused-ring (bicyclic) bond motifs is 1. The molecule has 0 N–H and O–H groups in total. The molecule has 1 saturated heterocycles. The number of hydrogen-bond donors (Lipinski definition) is 0. The highest BCUT2D eigenvalue weighted by Crippen LogP contribution is 2.30. The second-order valence-corrected chi connectivity index (χ2v) is 7.67. The summed E-state index contributed by atoms with van der Waals surface area (Å²) in [6.07, 6.45) is 0. The second kappa shape index (κ2) is 8.25. The molecule has 1 aromatic heterocycles. The molecule has 1 aliphatic heterocycles. The van der Waals surface area contributed by atoms with Gasteiger partial charge in [0, 0.05) is 43.7 Å². The van der Waals surface area contributed by atoms with Gasteiger partial charge in [0.2, 0.25) is 0 Å². The van der Waals surface area contributed by atoms with Gasteiger partial charge < -0.3 is 4.90 Å². The summed E-state index contributed by atoms with van der Waals surface area (Å²) in [7, 11) is 0. The molecule has 2 heterocycles. The number of nitrogens with zero attached hydrogens (tertiary/aromatic N) is 3. The first-order valence-electron chi connectivity index (χ1n) is 10.3. The number of benzene rings is 3. The molecule has 5 rings (SSSR count). The van der Waals surface area contributed by atoms with E-state index in [1.54, 1.807) is 6.07 Å². The van der Waals surface area contributed by atoms with Crippen molar-refractivity contribution in [3.8, 4) is 0 Å². The smallest absolute Gasteiger partial charge is 0.137 e. The van der Waals surface area contributed by atoms with Gasteiger partial charge in [-0.3, -0.25) is 4.90 Å². The van der Waals surface area contributed by atoms with Crippen LogP contribution in [0, 0.1) is 11.9 Å². The molecule has 0 spiro atoms. The van der Waals surface area contributed by atoms with E-state index in [0.717, 1.165) is 37.4 Å². The fraction of sp³-hybridized carbons (Fsp3) is 0.192. The molecule has 0 unspecified atom stereocenters. The van der Waals surface area contributed by atoms with Gasteiger partial charge in [0.25, 0.3) is 0 Å². The third-order valence-electron chi connectivity index (χ3n) is 5.79. The molecule has 1 radical (unpaired) electrons. The largest absolute Gasteiger partial charge is 0.354 e. The predicted octanol–water partition coefficient (Wildman–Crippen LogP) is 5.09. The number of hydrogen-bond acceptors (Lipinski definition) is 3. The molecule has 4 aromatic rings. The van der Waals surface area contributed by atoms with Crippen LogP contribution in [0.5, 0.6) is 0 Å². The zero-order valence-corrected chi connectivity index (χ0v) is 16.7. The van der Waals surface area contributed by atoms with Crippen LogP contribution in [-0.4, -0.2) is 36.1 Å². The molecule has 0 amide bonds. The fourth-order valence-corrected chi connectivity index (χ4v) is 4.26. The standard InChI is InChI=1S/C26H23FN3/c27-23-13-11-20-12-14-25(28-24(20)19-23)29-15-17-30(18-16-29)26(21-7-3-1-4-8-21)22-9-5-2-6-10-22/h1-13,19,26H,15-18H2. The Morgan fingerprint density at radius 3 is 2.07 bits per heavy atom. The van der Waals surface area contributed by atoms with E-state index in [2.05, 4.69) is 81.5 Å². The van der Waals surface area contributed by atoms with E-state index in [0.29, 0.717) is 5.52 Å². The average molecular weight is 396 g/mol. The Hall–Kier alpha value is -3.24. The van der Waals surface area contributed by atoms with E-state index >= 15 is 0 Å². The van der Waals surface area contributed by atoms with Gasteiger partial charge in [-0.15, -0.1) is 0 Å². The summed E-state index contributed by atoms with van der Waals surface area (Å²) in [5.74, 6) is 0.536. The first-order valence-corrected chi connectivity index (χ1v) is 10.3. The molecule has 1 aliphatic rings. The van der Waals surface area contributed by atoms with Crippen LogP contribution < -0.4 is 4.90 Å². The van der Waals surface area contributed by atoms with Crippen LogP contribution in [-0.2, 0) is 0 Å². The normalized spacial score (nSPS) is 15.1. The van der Waals surface area contributed by atoms with E-state index in [1.165, 1.54) is 23.3 Å². The van der Waals surface area contributed by atoms with Gasteiger partial charge in [-0.2, -0.15) is 0 Å². The molecule has 0 atom stereocenters. The third-order valence-corrected chi connectivity index (χ3v) is 5.79. The number of pyridine rings is 1. The molecule has 1 fully saturated rings. The number of rotatable bonds is 4. The summed E-state index contributed by atoms with van der Waals surface area (Å²) < 4.78 is 13.6. The van der Waals surface area contributed by atoms with Crippen molar-refractivity contribution in [3.63, 3.8) is 0 Å². The van der Waals surface area contributed by atoms with Crippen LogP contribution >= 0.6 is 0 Å². The highest BCUT2D eigenvalue weighted by molar-refractivity contribution is 5.80. The summed E-state index contributed by atoms with van der Waals surface area (Å²) >= 11 is 0. The quantitative estimate of drug-likeness (QED) is 0.479. The van der Waals surface area contributed by atoms with Crippen LogP contribution in [0.4, 0.5) is 10.2 Å². The maximum absolute atomic E-state index is 13.6. The Morgan fingerprint density at radius 2 is 1.43 bits per heavy atom. The molecule has 30 heavy (non-hydrogen) atoms. The summed E-state index contributed by atoms with van der Waals surface area (Å²) in [4.78, 5) is 9.43. The topological polar surface area (TPSA) is 19.4 Å². The van der Waals surface area contributed by atoms with Crippen LogP contribution in [0.2, 0.25) is 0 Å². The van der Waals surface area contributed by atoms with E-state index < -0.39 is 0 Å². The van der Waals surface area contributed by atoms with Gasteiger partial charge in [0.05, 0.1) is 11.6 Å². The van der Waals surface area contributed by atoms with Gasteiger partial charge in [0.15, 0.2) is 0 Å². The Morgan fingerprint density at radius 1 is 0.800 bits per heavy atom. The van der Waals surface area contributed by atoms with Crippen LogP contribution in [0.1, 0.15) is 17.2 Å². The summed E-state index contributed by atoms with van der Waals surface area (Å²) in [5.41, 5.74) is 3.30. The zero-order chi connectivity index (χ0) is 20.3. The predicted molar refractivity (Wildman–Crippen MR) is 119 cm³/mol. The van der Waals surface area contributed by atoms with Gasteiger partial charge in [-0.1, -0.05) is 60.7 Å². The van der Waals surface area contributed by atoms with Crippen molar-refractivity contribution in [3.05, 3.63) is 108 Å². The van der Waals surface area contributed by atoms with Gasteiger partial charge in [0.1, 0.15) is 11.6 Å². The SMILES string of the molecule is Fc1ccc2c[c]c(N3CCN(C(c4ccccc4)c4ccccc4)CC3)nc2c1. The molecular formula is C26H23FN3. The summed E-state index contributed by atoms with van der Waals surface area (Å²) in [5, 5.41) is 0.909. The van der Waals surface area contributed by atoms with E-state index in [9.17, 15) is 4.39 Å². The number of anilines is 1. The summed E-state index contributed by atoms with van der Waals surface area (Å²) in [6.45, 7) is 3.57. The number of piperazine rings is 1. The number of halogens is 1. The highest BCUT2D eigenvalue weighted by atomic mass is 19.1.